The van der Waals surface area contributed by atoms with E-state index in [-0.39, 0.29) is 17.1 Å². The van der Waals surface area contributed by atoms with Crippen LogP contribution in [0.3, 0.4) is 0 Å². The number of rotatable bonds is 13. The molecule has 1 aromatic carbocycles. The van der Waals surface area contributed by atoms with Crippen molar-refractivity contribution in [2.24, 2.45) is 28.6 Å². The van der Waals surface area contributed by atoms with Crippen LogP contribution in [-0.4, -0.2) is 88.7 Å². The number of allylic oxidation sites excluding steroid dienone is 1. The molecule has 4 aliphatic carbocycles. The molecule has 3 saturated carbocycles. The van der Waals surface area contributed by atoms with Crippen LogP contribution in [-0.2, 0) is 19.8 Å². The summed E-state index contributed by atoms with van der Waals surface area (Å²) in [5, 5.41) is 0. The first-order valence-electron chi connectivity index (χ1n) is 19.1. The van der Waals surface area contributed by atoms with Gasteiger partial charge in [-0.05, 0) is 144 Å². The summed E-state index contributed by atoms with van der Waals surface area (Å²) < 4.78 is 25.2. The minimum atomic E-state index is -0.215. The van der Waals surface area contributed by atoms with Crippen LogP contribution in [0.2, 0.25) is 0 Å². The highest BCUT2D eigenvalue weighted by atomic mass is 16.5. The lowest BCUT2D eigenvalue weighted by atomic mass is 9.46. The molecule has 2 saturated heterocycles. The molecule has 46 heavy (non-hydrogen) atoms. The highest BCUT2D eigenvalue weighted by Crippen LogP contribution is 2.70. The monoisotopic (exact) mass is 634 g/mol. The summed E-state index contributed by atoms with van der Waals surface area (Å²) in [6.45, 7) is 15.4. The van der Waals surface area contributed by atoms with E-state index in [1.54, 1.807) is 12.7 Å². The fourth-order valence-corrected chi connectivity index (χ4v) is 11.4. The van der Waals surface area contributed by atoms with Crippen molar-refractivity contribution in [3.8, 4) is 5.75 Å². The van der Waals surface area contributed by atoms with Gasteiger partial charge in [0.1, 0.15) is 5.75 Å². The maximum atomic E-state index is 7.27. The molecule has 2 aliphatic heterocycles. The molecule has 2 heterocycles. The van der Waals surface area contributed by atoms with Crippen molar-refractivity contribution in [1.82, 2.24) is 9.80 Å². The average molecular weight is 635 g/mol. The Morgan fingerprint density at radius 2 is 1.43 bits per heavy atom. The van der Waals surface area contributed by atoms with E-state index in [1.165, 1.54) is 96.0 Å². The van der Waals surface area contributed by atoms with Crippen LogP contribution in [0.5, 0.6) is 5.75 Å². The van der Waals surface area contributed by atoms with Crippen molar-refractivity contribution in [2.45, 2.75) is 103 Å². The van der Waals surface area contributed by atoms with Gasteiger partial charge in [-0.1, -0.05) is 37.6 Å². The zero-order valence-corrected chi connectivity index (χ0v) is 29.3. The SMILES string of the molecule is COc1ccc([C@]2(OCCN3CCCC3)CC[C@H]3[C@@H]4CCC5=C[C@@H](OCCOCCN6CCCC6)CC[C@]5(C)[C@H]4CC[C@@]32C)cc1. The van der Waals surface area contributed by atoms with Gasteiger partial charge in [-0.3, -0.25) is 0 Å². The molecule has 0 radical (unpaired) electrons. The van der Waals surface area contributed by atoms with Crippen LogP contribution in [0.4, 0.5) is 0 Å². The van der Waals surface area contributed by atoms with Gasteiger partial charge in [-0.15, -0.1) is 0 Å². The van der Waals surface area contributed by atoms with Gasteiger partial charge < -0.3 is 28.7 Å². The Bertz CT molecular complexity index is 1180. The topological polar surface area (TPSA) is 43.4 Å². The number of fused-ring (bicyclic) bond motifs is 5. The molecule has 5 fully saturated rings. The van der Waals surface area contributed by atoms with Crippen molar-refractivity contribution in [2.75, 3.05) is 72.8 Å². The van der Waals surface area contributed by atoms with Crippen LogP contribution in [0.15, 0.2) is 35.9 Å². The molecule has 6 aliphatic rings. The molecule has 256 valence electrons. The van der Waals surface area contributed by atoms with Crippen LogP contribution in [0.25, 0.3) is 0 Å². The van der Waals surface area contributed by atoms with Gasteiger partial charge in [-0.2, -0.15) is 0 Å². The molecule has 6 nitrogen and oxygen atoms in total. The Morgan fingerprint density at radius 3 is 2.15 bits per heavy atom. The average Bonchev–Trinajstić information content (AvgIpc) is 3.85. The highest BCUT2D eigenvalue weighted by Gasteiger charge is 2.65. The number of benzene rings is 1. The third kappa shape index (κ3) is 6.24. The van der Waals surface area contributed by atoms with Crippen molar-refractivity contribution in [1.29, 1.82) is 0 Å². The number of likely N-dealkylation sites (tertiary alicyclic amines) is 2. The standard InChI is InChI=1S/C40H62N2O4/c1-38-17-14-34(45-29-28-44-26-24-41-20-4-5-21-41)30-32(38)10-13-35-36(38)15-18-39(2)37(35)16-19-40(39,31-8-11-33(43-3)12-9-31)46-27-25-42-22-6-7-23-42/h8-9,11-12,30,34-37H,4-7,10,13-29H2,1-3H3/t34-,35+,36-,37-,38-,39-,40+/m0/s1. The van der Waals surface area contributed by atoms with Crippen LogP contribution >= 0.6 is 0 Å². The fourth-order valence-electron chi connectivity index (χ4n) is 11.4. The highest BCUT2D eigenvalue weighted by molar-refractivity contribution is 5.35. The number of hydrogen-bond donors (Lipinski definition) is 0. The van der Waals surface area contributed by atoms with E-state index in [0.717, 1.165) is 56.7 Å². The third-order valence-corrected chi connectivity index (χ3v) is 14.0. The molecule has 0 N–H and O–H groups in total. The Morgan fingerprint density at radius 1 is 0.739 bits per heavy atom. The summed E-state index contributed by atoms with van der Waals surface area (Å²) in [4.78, 5) is 5.12. The van der Waals surface area contributed by atoms with Crippen molar-refractivity contribution in [3.05, 3.63) is 41.5 Å². The molecule has 7 atom stereocenters. The Labute approximate surface area is 279 Å². The van der Waals surface area contributed by atoms with Gasteiger partial charge in [0.2, 0.25) is 0 Å². The summed E-state index contributed by atoms with van der Waals surface area (Å²) in [5.74, 6) is 3.20. The summed E-state index contributed by atoms with van der Waals surface area (Å²) in [6, 6.07) is 8.95. The quantitative estimate of drug-likeness (QED) is 0.166. The predicted molar refractivity (Wildman–Crippen MR) is 184 cm³/mol. The first-order chi connectivity index (χ1) is 22.4. The number of methoxy groups -OCH3 is 1. The van der Waals surface area contributed by atoms with Crippen molar-refractivity contribution >= 4 is 0 Å². The van der Waals surface area contributed by atoms with Gasteiger partial charge in [0.05, 0.1) is 45.2 Å². The predicted octanol–water partition coefficient (Wildman–Crippen LogP) is 7.46. The van der Waals surface area contributed by atoms with E-state index in [4.69, 9.17) is 18.9 Å². The molecule has 0 aromatic heterocycles. The lowest BCUT2D eigenvalue weighted by Crippen LogP contribution is -2.55. The fraction of sp³-hybridized carbons (Fsp3) is 0.800. The molecule has 6 heteroatoms. The largest absolute Gasteiger partial charge is 0.497 e. The van der Waals surface area contributed by atoms with Crippen LogP contribution in [0.1, 0.15) is 96.5 Å². The number of hydrogen-bond acceptors (Lipinski definition) is 6. The van der Waals surface area contributed by atoms with Gasteiger partial charge in [0, 0.05) is 18.5 Å². The summed E-state index contributed by atoms with van der Waals surface area (Å²) in [5.41, 5.74) is 3.33. The van der Waals surface area contributed by atoms with E-state index >= 15 is 0 Å². The normalized spacial score (nSPS) is 37.9. The second kappa shape index (κ2) is 14.2. The minimum absolute atomic E-state index is 0.153. The Kier molecular flexibility index (Phi) is 10.2. The first-order valence-corrected chi connectivity index (χ1v) is 19.1. The zero-order valence-electron chi connectivity index (χ0n) is 29.3. The lowest BCUT2D eigenvalue weighted by Gasteiger charge is -2.60. The van der Waals surface area contributed by atoms with Crippen LogP contribution in [0, 0.1) is 28.6 Å². The van der Waals surface area contributed by atoms with E-state index in [0.29, 0.717) is 24.5 Å². The maximum Gasteiger partial charge on any atom is 0.118 e. The molecule has 0 unspecified atom stereocenters. The van der Waals surface area contributed by atoms with E-state index in [9.17, 15) is 0 Å². The maximum absolute atomic E-state index is 7.27. The number of nitrogens with zero attached hydrogens (tertiary/aromatic N) is 2. The Hall–Kier alpha value is -1.44. The smallest absolute Gasteiger partial charge is 0.118 e. The zero-order chi connectivity index (χ0) is 31.6. The van der Waals surface area contributed by atoms with Gasteiger partial charge in [-0.25, -0.2) is 0 Å². The summed E-state index contributed by atoms with van der Waals surface area (Å²) >= 11 is 0. The first kappa shape index (κ1) is 33.1. The molecule has 0 amide bonds. The number of ether oxygens (including phenoxy) is 4. The molecule has 7 rings (SSSR count). The van der Waals surface area contributed by atoms with E-state index in [1.807, 2.05) is 0 Å². The lowest BCUT2D eigenvalue weighted by molar-refractivity contribution is -0.167. The summed E-state index contributed by atoms with van der Waals surface area (Å²) in [7, 11) is 1.77. The molecule has 1 aromatic rings. The molecule has 0 bridgehead atoms. The van der Waals surface area contributed by atoms with Gasteiger partial charge >= 0.3 is 0 Å². The third-order valence-electron chi connectivity index (χ3n) is 14.0. The summed E-state index contributed by atoms with van der Waals surface area (Å²) in [6.07, 6.45) is 18.1. The second-order valence-corrected chi connectivity index (χ2v) is 16.1. The van der Waals surface area contributed by atoms with Gasteiger partial charge in [0.25, 0.3) is 0 Å². The van der Waals surface area contributed by atoms with Crippen molar-refractivity contribution < 1.29 is 18.9 Å². The Balaban J connectivity index is 1.01. The molecule has 0 spiro atoms. The van der Waals surface area contributed by atoms with Gasteiger partial charge in [0.15, 0.2) is 0 Å². The van der Waals surface area contributed by atoms with Crippen LogP contribution < -0.4 is 4.74 Å². The molecular formula is C40H62N2O4. The van der Waals surface area contributed by atoms with E-state index in [2.05, 4.69) is 54.0 Å². The van der Waals surface area contributed by atoms with E-state index < -0.39 is 0 Å². The minimum Gasteiger partial charge on any atom is -0.497 e. The van der Waals surface area contributed by atoms with Crippen molar-refractivity contribution in [3.63, 3.8) is 0 Å². The molecular weight excluding hydrogens is 572 g/mol. The second-order valence-electron chi connectivity index (χ2n) is 16.1.